The van der Waals surface area contributed by atoms with Gasteiger partial charge in [-0.1, -0.05) is 12.1 Å². The molecule has 132 valence electrons. The normalized spacial score (nSPS) is 11.5. The van der Waals surface area contributed by atoms with E-state index in [1.807, 2.05) is 0 Å². The third-order valence-corrected chi connectivity index (χ3v) is 3.50. The maximum absolute atomic E-state index is 12.3. The number of halogens is 1. The zero-order valence-electron chi connectivity index (χ0n) is 13.8. The molecule has 6 nitrogen and oxygen atoms in total. The van der Waals surface area contributed by atoms with E-state index in [0.717, 1.165) is 5.56 Å². The number of carbonyl (C=O) groups excluding carboxylic acids is 3. The number of hydrogen-bond donors (Lipinski definition) is 1. The molecule has 7 heteroatoms. The molecule has 0 fully saturated rings. The van der Waals surface area contributed by atoms with Gasteiger partial charge in [-0.25, -0.2) is 4.79 Å². The van der Waals surface area contributed by atoms with Crippen molar-refractivity contribution in [3.05, 3.63) is 35.4 Å². The Morgan fingerprint density at radius 2 is 1.71 bits per heavy atom. The standard InChI is InChI=1S/C17H22ClNO5/c1-3-23-15(20)10-9-14(17(22)24-4-2)19-16(21)13-7-5-12(11-18)6-8-13/h5-8,14H,3-4,9-11H2,1-2H3,(H,19,21)/t14-/m0/s1. The summed E-state index contributed by atoms with van der Waals surface area (Å²) in [5.74, 6) is -1.06. The van der Waals surface area contributed by atoms with Gasteiger partial charge in [-0.05, 0) is 38.0 Å². The molecule has 0 radical (unpaired) electrons. The quantitative estimate of drug-likeness (QED) is 0.543. The van der Waals surface area contributed by atoms with Gasteiger partial charge in [-0.3, -0.25) is 9.59 Å². The first-order valence-electron chi connectivity index (χ1n) is 7.79. The van der Waals surface area contributed by atoms with Gasteiger partial charge < -0.3 is 14.8 Å². The van der Waals surface area contributed by atoms with E-state index in [2.05, 4.69) is 5.32 Å². The van der Waals surface area contributed by atoms with Gasteiger partial charge in [0, 0.05) is 17.9 Å². The third kappa shape index (κ3) is 6.58. The van der Waals surface area contributed by atoms with Crippen molar-refractivity contribution in [1.82, 2.24) is 5.32 Å². The van der Waals surface area contributed by atoms with Crippen molar-refractivity contribution in [2.75, 3.05) is 13.2 Å². The van der Waals surface area contributed by atoms with Gasteiger partial charge in [0.05, 0.1) is 13.2 Å². The van der Waals surface area contributed by atoms with E-state index in [4.69, 9.17) is 21.1 Å². The predicted molar refractivity (Wildman–Crippen MR) is 89.8 cm³/mol. The Morgan fingerprint density at radius 3 is 2.25 bits per heavy atom. The summed E-state index contributed by atoms with van der Waals surface area (Å²) in [5.41, 5.74) is 1.28. The summed E-state index contributed by atoms with van der Waals surface area (Å²) in [6.45, 7) is 3.83. The Labute approximate surface area is 146 Å². The Bertz CT molecular complexity index is 559. The molecule has 0 bridgehead atoms. The highest BCUT2D eigenvalue weighted by Gasteiger charge is 2.23. The summed E-state index contributed by atoms with van der Waals surface area (Å²) in [7, 11) is 0. The number of nitrogens with one attached hydrogen (secondary N) is 1. The van der Waals surface area contributed by atoms with Crippen LogP contribution in [0.15, 0.2) is 24.3 Å². The van der Waals surface area contributed by atoms with Crippen molar-refractivity contribution in [3.8, 4) is 0 Å². The van der Waals surface area contributed by atoms with E-state index >= 15 is 0 Å². The van der Waals surface area contributed by atoms with Crippen LogP contribution in [-0.2, 0) is 24.9 Å². The van der Waals surface area contributed by atoms with Gasteiger partial charge in [0.15, 0.2) is 0 Å². The van der Waals surface area contributed by atoms with Gasteiger partial charge >= 0.3 is 11.9 Å². The lowest BCUT2D eigenvalue weighted by atomic mass is 10.1. The van der Waals surface area contributed by atoms with Crippen molar-refractivity contribution < 1.29 is 23.9 Å². The molecule has 0 aliphatic carbocycles. The maximum Gasteiger partial charge on any atom is 0.328 e. The van der Waals surface area contributed by atoms with E-state index in [9.17, 15) is 14.4 Å². The molecule has 0 aliphatic rings. The van der Waals surface area contributed by atoms with E-state index < -0.39 is 23.9 Å². The molecule has 1 amide bonds. The van der Waals surface area contributed by atoms with Crippen LogP contribution >= 0.6 is 11.6 Å². The second-order valence-electron chi connectivity index (χ2n) is 4.95. The molecule has 24 heavy (non-hydrogen) atoms. The summed E-state index contributed by atoms with van der Waals surface area (Å²) < 4.78 is 9.78. The van der Waals surface area contributed by atoms with E-state index in [1.165, 1.54) is 0 Å². The molecule has 0 saturated carbocycles. The molecule has 0 spiro atoms. The second kappa shape index (κ2) is 10.6. The first kappa shape index (κ1) is 20.0. The lowest BCUT2D eigenvalue weighted by Crippen LogP contribution is -2.42. The Morgan fingerprint density at radius 1 is 1.08 bits per heavy atom. The summed E-state index contributed by atoms with van der Waals surface area (Å²) in [6.07, 6.45) is 0.131. The number of hydrogen-bond acceptors (Lipinski definition) is 5. The minimum atomic E-state index is -0.908. The van der Waals surface area contributed by atoms with Crippen molar-refractivity contribution in [3.63, 3.8) is 0 Å². The highest BCUT2D eigenvalue weighted by atomic mass is 35.5. The monoisotopic (exact) mass is 355 g/mol. The number of carbonyl (C=O) groups is 3. The van der Waals surface area contributed by atoms with Gasteiger partial charge in [-0.15, -0.1) is 11.6 Å². The second-order valence-corrected chi connectivity index (χ2v) is 5.22. The molecule has 0 unspecified atom stereocenters. The topological polar surface area (TPSA) is 81.7 Å². The molecular formula is C17H22ClNO5. The minimum absolute atomic E-state index is 0.0167. The smallest absolute Gasteiger partial charge is 0.328 e. The first-order valence-corrected chi connectivity index (χ1v) is 8.33. The average Bonchev–Trinajstić information content (AvgIpc) is 2.58. The van der Waals surface area contributed by atoms with Crippen molar-refractivity contribution in [2.24, 2.45) is 0 Å². The maximum atomic E-state index is 12.3. The van der Waals surface area contributed by atoms with Crippen LogP contribution in [0, 0.1) is 0 Å². The van der Waals surface area contributed by atoms with Crippen LogP contribution in [0.2, 0.25) is 0 Å². The molecule has 1 atom stereocenters. The summed E-state index contributed by atoms with van der Waals surface area (Å²) in [6, 6.07) is 5.82. The van der Waals surface area contributed by atoms with E-state index in [-0.39, 0.29) is 26.1 Å². The van der Waals surface area contributed by atoms with Gasteiger partial charge in [-0.2, -0.15) is 0 Å². The molecule has 1 rings (SSSR count). The van der Waals surface area contributed by atoms with Crippen molar-refractivity contribution >= 4 is 29.4 Å². The predicted octanol–water partition coefficient (Wildman–Crippen LogP) is 2.43. The lowest BCUT2D eigenvalue weighted by Gasteiger charge is -2.17. The highest BCUT2D eigenvalue weighted by Crippen LogP contribution is 2.09. The zero-order chi connectivity index (χ0) is 17.9. The Kier molecular flexibility index (Phi) is 8.86. The summed E-state index contributed by atoms with van der Waals surface area (Å²) in [4.78, 5) is 35.7. The van der Waals surface area contributed by atoms with Crippen LogP contribution in [-0.4, -0.2) is 37.1 Å². The molecule has 0 aliphatic heterocycles. The zero-order valence-corrected chi connectivity index (χ0v) is 14.6. The summed E-state index contributed by atoms with van der Waals surface area (Å²) >= 11 is 5.71. The van der Waals surface area contributed by atoms with E-state index in [0.29, 0.717) is 11.4 Å². The van der Waals surface area contributed by atoms with Gasteiger partial charge in [0.2, 0.25) is 0 Å². The number of esters is 2. The molecule has 0 aromatic heterocycles. The van der Waals surface area contributed by atoms with Gasteiger partial charge in [0.1, 0.15) is 6.04 Å². The highest BCUT2D eigenvalue weighted by molar-refractivity contribution is 6.17. The Hall–Kier alpha value is -2.08. The summed E-state index contributed by atoms with van der Waals surface area (Å²) in [5, 5.41) is 2.60. The largest absolute Gasteiger partial charge is 0.466 e. The molecule has 1 N–H and O–H groups in total. The van der Waals surface area contributed by atoms with Crippen LogP contribution in [0.1, 0.15) is 42.6 Å². The van der Waals surface area contributed by atoms with Crippen LogP contribution in [0.3, 0.4) is 0 Å². The molecule has 0 saturated heterocycles. The lowest BCUT2D eigenvalue weighted by molar-refractivity contribution is -0.146. The molecule has 1 aromatic rings. The fourth-order valence-corrected chi connectivity index (χ4v) is 2.15. The first-order chi connectivity index (χ1) is 11.5. The number of alkyl halides is 1. The van der Waals surface area contributed by atoms with Crippen molar-refractivity contribution in [1.29, 1.82) is 0 Å². The third-order valence-electron chi connectivity index (χ3n) is 3.19. The number of ether oxygens (including phenoxy) is 2. The van der Waals surface area contributed by atoms with Crippen molar-refractivity contribution in [2.45, 2.75) is 38.6 Å². The molecule has 1 aromatic carbocycles. The molecule has 0 heterocycles. The SMILES string of the molecule is CCOC(=O)CC[C@H](NC(=O)c1ccc(CCl)cc1)C(=O)OCC. The fourth-order valence-electron chi connectivity index (χ4n) is 1.97. The fraction of sp³-hybridized carbons (Fsp3) is 0.471. The average molecular weight is 356 g/mol. The van der Waals surface area contributed by atoms with E-state index in [1.54, 1.807) is 38.1 Å². The van der Waals surface area contributed by atoms with Crippen LogP contribution in [0.5, 0.6) is 0 Å². The number of benzene rings is 1. The number of rotatable bonds is 9. The van der Waals surface area contributed by atoms with Gasteiger partial charge in [0.25, 0.3) is 5.91 Å². The molecular weight excluding hydrogens is 334 g/mol. The Balaban J connectivity index is 2.72. The van der Waals surface area contributed by atoms with Crippen LogP contribution in [0.4, 0.5) is 0 Å². The van der Waals surface area contributed by atoms with Crippen LogP contribution in [0.25, 0.3) is 0 Å². The number of amides is 1. The minimum Gasteiger partial charge on any atom is -0.466 e. The van der Waals surface area contributed by atoms with Crippen LogP contribution < -0.4 is 5.32 Å².